The number of rotatable bonds is 7. The van der Waals surface area contributed by atoms with Crippen molar-refractivity contribution in [2.75, 3.05) is 34.2 Å². The second-order valence-corrected chi connectivity index (χ2v) is 6.94. The number of hydrogen-bond acceptors (Lipinski definition) is 6. The fourth-order valence-corrected chi connectivity index (χ4v) is 2.95. The summed E-state index contributed by atoms with van der Waals surface area (Å²) in [6, 6.07) is 3.03. The first-order valence-electron chi connectivity index (χ1n) is 6.24. The topological polar surface area (TPSA) is 104 Å². The average Bonchev–Trinajstić information content (AvgIpc) is 2.37. The van der Waals surface area contributed by atoms with E-state index in [1.807, 2.05) is 19.0 Å². The van der Waals surface area contributed by atoms with Gasteiger partial charge < -0.3 is 10.0 Å². The van der Waals surface area contributed by atoms with Gasteiger partial charge in [-0.2, -0.15) is 0 Å². The summed E-state index contributed by atoms with van der Waals surface area (Å²) in [7, 11) is 1.38. The molecular weight excluding hydrogens is 298 g/mol. The second kappa shape index (κ2) is 6.83. The zero-order chi connectivity index (χ0) is 16.2. The van der Waals surface area contributed by atoms with Crippen molar-refractivity contribution in [1.29, 1.82) is 0 Å². The molecule has 0 spiro atoms. The van der Waals surface area contributed by atoms with Crippen LogP contribution in [0.3, 0.4) is 0 Å². The van der Waals surface area contributed by atoms with Gasteiger partial charge in [0.2, 0.25) is 10.0 Å². The molecule has 0 aliphatic heterocycles. The van der Waals surface area contributed by atoms with E-state index in [0.29, 0.717) is 13.0 Å². The minimum absolute atomic E-state index is 0.209. The van der Waals surface area contributed by atoms with Crippen LogP contribution in [0.25, 0.3) is 0 Å². The maximum atomic E-state index is 12.3. The average molecular weight is 317 g/mol. The molecule has 0 atom stereocenters. The zero-order valence-electron chi connectivity index (χ0n) is 12.2. The Morgan fingerprint density at radius 3 is 2.38 bits per heavy atom. The predicted octanol–water partition coefficient (Wildman–Crippen LogP) is 0.873. The number of nitrogens with zero attached hydrogens (tertiary/aromatic N) is 3. The summed E-state index contributed by atoms with van der Waals surface area (Å²) in [5, 5.41) is 20.1. The van der Waals surface area contributed by atoms with Crippen LogP contribution in [0.1, 0.15) is 6.42 Å². The third-order valence-corrected chi connectivity index (χ3v) is 4.78. The van der Waals surface area contributed by atoms with E-state index >= 15 is 0 Å². The van der Waals surface area contributed by atoms with Gasteiger partial charge in [-0.05, 0) is 39.2 Å². The van der Waals surface area contributed by atoms with Crippen LogP contribution in [0.5, 0.6) is 5.75 Å². The van der Waals surface area contributed by atoms with Gasteiger partial charge in [-0.1, -0.05) is 0 Å². The van der Waals surface area contributed by atoms with Crippen LogP contribution in [0.4, 0.5) is 5.69 Å². The molecule has 0 aliphatic rings. The number of nitro benzene ring substituents is 1. The Morgan fingerprint density at radius 2 is 1.86 bits per heavy atom. The van der Waals surface area contributed by atoms with Crippen molar-refractivity contribution in [3.05, 3.63) is 28.3 Å². The number of phenols is 1. The lowest BCUT2D eigenvalue weighted by molar-refractivity contribution is -0.386. The summed E-state index contributed by atoms with van der Waals surface area (Å²) in [5.41, 5.74) is -0.627. The molecule has 0 unspecified atom stereocenters. The van der Waals surface area contributed by atoms with Crippen LogP contribution < -0.4 is 0 Å². The monoisotopic (exact) mass is 317 g/mol. The highest BCUT2D eigenvalue weighted by Crippen LogP contribution is 2.29. The summed E-state index contributed by atoms with van der Waals surface area (Å²) < 4.78 is 25.7. The molecule has 21 heavy (non-hydrogen) atoms. The number of nitro groups is 1. The van der Waals surface area contributed by atoms with E-state index in [2.05, 4.69) is 0 Å². The van der Waals surface area contributed by atoms with Crippen LogP contribution >= 0.6 is 0 Å². The molecule has 0 bridgehead atoms. The van der Waals surface area contributed by atoms with E-state index in [0.717, 1.165) is 29.0 Å². The maximum absolute atomic E-state index is 12.3. The summed E-state index contributed by atoms with van der Waals surface area (Å²) in [5.74, 6) is -0.561. The molecule has 1 rings (SSSR count). The molecule has 0 heterocycles. The molecule has 0 saturated heterocycles. The Bertz CT molecular complexity index is 615. The van der Waals surface area contributed by atoms with Crippen molar-refractivity contribution in [2.24, 2.45) is 0 Å². The largest absolute Gasteiger partial charge is 0.502 e. The third kappa shape index (κ3) is 4.38. The van der Waals surface area contributed by atoms with Crippen molar-refractivity contribution in [3.8, 4) is 5.75 Å². The van der Waals surface area contributed by atoms with Gasteiger partial charge in [0, 0.05) is 19.7 Å². The van der Waals surface area contributed by atoms with E-state index in [1.165, 1.54) is 7.05 Å². The third-order valence-electron chi connectivity index (χ3n) is 2.93. The molecule has 0 fully saturated rings. The summed E-state index contributed by atoms with van der Waals surface area (Å²) in [6.07, 6.45) is 0.642. The number of benzene rings is 1. The van der Waals surface area contributed by atoms with Crippen LogP contribution in [0, 0.1) is 10.1 Å². The molecule has 8 nitrogen and oxygen atoms in total. The molecule has 0 aromatic heterocycles. The molecule has 0 radical (unpaired) electrons. The quantitative estimate of drug-likeness (QED) is 0.591. The first kappa shape index (κ1) is 17.3. The Kier molecular flexibility index (Phi) is 5.64. The zero-order valence-corrected chi connectivity index (χ0v) is 13.0. The molecule has 118 valence electrons. The summed E-state index contributed by atoms with van der Waals surface area (Å²) in [6.45, 7) is 1.03. The fraction of sp³-hybridized carbons (Fsp3) is 0.500. The van der Waals surface area contributed by atoms with Gasteiger partial charge in [-0.15, -0.1) is 0 Å². The van der Waals surface area contributed by atoms with E-state index in [9.17, 15) is 23.6 Å². The smallest absolute Gasteiger partial charge is 0.312 e. The van der Waals surface area contributed by atoms with Crippen molar-refractivity contribution in [1.82, 2.24) is 9.21 Å². The Balaban J connectivity index is 2.97. The van der Waals surface area contributed by atoms with E-state index in [4.69, 9.17) is 0 Å². The van der Waals surface area contributed by atoms with Crippen molar-refractivity contribution >= 4 is 15.7 Å². The highest BCUT2D eigenvalue weighted by Gasteiger charge is 2.24. The van der Waals surface area contributed by atoms with Crippen LogP contribution in [-0.4, -0.2) is 61.9 Å². The normalized spacial score (nSPS) is 12.0. The highest BCUT2D eigenvalue weighted by atomic mass is 32.2. The SMILES string of the molecule is CN(C)CCCN(C)S(=O)(=O)c1ccc(O)c([N+](=O)[O-])c1. The first-order valence-corrected chi connectivity index (χ1v) is 7.68. The van der Waals surface area contributed by atoms with E-state index < -0.39 is 26.4 Å². The molecule has 1 aromatic carbocycles. The van der Waals surface area contributed by atoms with Gasteiger partial charge in [-0.3, -0.25) is 10.1 Å². The number of hydrogen-bond donors (Lipinski definition) is 1. The van der Waals surface area contributed by atoms with Gasteiger partial charge in [0.25, 0.3) is 0 Å². The lowest BCUT2D eigenvalue weighted by atomic mass is 10.3. The summed E-state index contributed by atoms with van der Waals surface area (Å²) in [4.78, 5) is 11.7. The van der Waals surface area contributed by atoms with Gasteiger partial charge >= 0.3 is 5.69 Å². The minimum atomic E-state index is -3.81. The van der Waals surface area contributed by atoms with Gasteiger partial charge in [0.05, 0.1) is 9.82 Å². The predicted molar refractivity (Wildman–Crippen MR) is 77.7 cm³/mol. The number of aromatic hydroxyl groups is 1. The maximum Gasteiger partial charge on any atom is 0.312 e. The number of phenolic OH excluding ortho intramolecular Hbond substituents is 1. The highest BCUT2D eigenvalue weighted by molar-refractivity contribution is 7.89. The van der Waals surface area contributed by atoms with Crippen molar-refractivity contribution < 1.29 is 18.4 Å². The van der Waals surface area contributed by atoms with E-state index in [-0.39, 0.29) is 4.90 Å². The summed E-state index contributed by atoms with van der Waals surface area (Å²) >= 11 is 0. The molecular formula is C12H19N3O5S. The Morgan fingerprint density at radius 1 is 1.24 bits per heavy atom. The lowest BCUT2D eigenvalue weighted by Gasteiger charge is -2.18. The van der Waals surface area contributed by atoms with Crippen LogP contribution in [0.2, 0.25) is 0 Å². The van der Waals surface area contributed by atoms with Gasteiger partial charge in [0.1, 0.15) is 0 Å². The molecule has 1 aromatic rings. The molecule has 1 N–H and O–H groups in total. The van der Waals surface area contributed by atoms with E-state index in [1.54, 1.807) is 0 Å². The second-order valence-electron chi connectivity index (χ2n) is 4.89. The first-order chi connectivity index (χ1) is 9.66. The minimum Gasteiger partial charge on any atom is -0.502 e. The molecule has 0 aliphatic carbocycles. The lowest BCUT2D eigenvalue weighted by Crippen LogP contribution is -2.29. The molecule has 0 amide bonds. The van der Waals surface area contributed by atoms with Crippen LogP contribution in [0.15, 0.2) is 23.1 Å². The Hall–Kier alpha value is -1.71. The van der Waals surface area contributed by atoms with Crippen LogP contribution in [-0.2, 0) is 10.0 Å². The van der Waals surface area contributed by atoms with Crippen molar-refractivity contribution in [2.45, 2.75) is 11.3 Å². The molecule has 0 saturated carbocycles. The Labute approximate surface area is 123 Å². The van der Waals surface area contributed by atoms with Gasteiger partial charge in [-0.25, -0.2) is 12.7 Å². The molecule has 9 heteroatoms. The standard InChI is InChI=1S/C12H19N3O5S/c1-13(2)7-4-8-14(3)21(19,20)10-5-6-12(16)11(9-10)15(17)18/h5-6,9,16H,4,7-8H2,1-3H3. The van der Waals surface area contributed by atoms with Gasteiger partial charge in [0.15, 0.2) is 5.75 Å². The van der Waals surface area contributed by atoms with Crippen molar-refractivity contribution in [3.63, 3.8) is 0 Å². The number of sulfonamides is 1. The fourth-order valence-electron chi connectivity index (χ4n) is 1.72.